The summed E-state index contributed by atoms with van der Waals surface area (Å²) in [7, 11) is 0. The van der Waals surface area contributed by atoms with E-state index in [1.165, 1.54) is 0 Å². The summed E-state index contributed by atoms with van der Waals surface area (Å²) in [5, 5.41) is 19.1. The van der Waals surface area contributed by atoms with Crippen molar-refractivity contribution in [1.29, 1.82) is 0 Å². The molecule has 0 spiro atoms. The summed E-state index contributed by atoms with van der Waals surface area (Å²) in [5.74, 6) is 0. The average molecular weight is 218 g/mol. The standard InChI is InChI=1S/C13H18N2O/c1-11(2)12(3,4)14-15-13(11,16)10-8-6-5-7-9-10/h5-9,16H,1-4H3. The Bertz CT molecular complexity index is 423. The van der Waals surface area contributed by atoms with E-state index in [9.17, 15) is 5.11 Å². The number of azo groups is 1. The first-order chi connectivity index (χ1) is 7.31. The lowest BCUT2D eigenvalue weighted by molar-refractivity contribution is -0.0715. The Morgan fingerprint density at radius 3 is 1.94 bits per heavy atom. The van der Waals surface area contributed by atoms with E-state index in [0.29, 0.717) is 0 Å². The van der Waals surface area contributed by atoms with Crippen molar-refractivity contribution in [2.45, 2.75) is 39.0 Å². The zero-order chi connectivity index (χ0) is 12.0. The molecule has 16 heavy (non-hydrogen) atoms. The highest BCUT2D eigenvalue weighted by atomic mass is 16.3. The normalized spacial score (nSPS) is 30.6. The van der Waals surface area contributed by atoms with E-state index in [-0.39, 0.29) is 5.54 Å². The van der Waals surface area contributed by atoms with Crippen LogP contribution in [0.15, 0.2) is 40.6 Å². The largest absolute Gasteiger partial charge is 0.364 e. The van der Waals surface area contributed by atoms with Gasteiger partial charge in [0.25, 0.3) is 0 Å². The Morgan fingerprint density at radius 1 is 0.938 bits per heavy atom. The van der Waals surface area contributed by atoms with Crippen LogP contribution in [0.4, 0.5) is 0 Å². The number of hydrogen-bond acceptors (Lipinski definition) is 3. The van der Waals surface area contributed by atoms with Crippen LogP contribution >= 0.6 is 0 Å². The lowest BCUT2D eigenvalue weighted by atomic mass is 9.67. The van der Waals surface area contributed by atoms with E-state index < -0.39 is 11.1 Å². The zero-order valence-corrected chi connectivity index (χ0v) is 10.2. The van der Waals surface area contributed by atoms with Crippen LogP contribution in [0.3, 0.4) is 0 Å². The summed E-state index contributed by atoms with van der Waals surface area (Å²) >= 11 is 0. The third kappa shape index (κ3) is 1.24. The maximum atomic E-state index is 10.8. The lowest BCUT2D eigenvalue weighted by Crippen LogP contribution is -2.47. The molecule has 3 nitrogen and oxygen atoms in total. The topological polar surface area (TPSA) is 45.0 Å². The van der Waals surface area contributed by atoms with E-state index in [0.717, 1.165) is 5.56 Å². The quantitative estimate of drug-likeness (QED) is 0.773. The highest BCUT2D eigenvalue weighted by Gasteiger charge is 2.59. The van der Waals surface area contributed by atoms with Crippen LogP contribution in [0, 0.1) is 5.41 Å². The summed E-state index contributed by atoms with van der Waals surface area (Å²) < 4.78 is 0. The second-order valence-corrected chi connectivity index (χ2v) is 5.42. The molecule has 1 aliphatic heterocycles. The SMILES string of the molecule is CC1(C)N=NC(O)(c2ccccc2)C1(C)C. The molecule has 1 aromatic carbocycles. The average Bonchev–Trinajstić information content (AvgIpc) is 2.41. The molecule has 1 N–H and O–H groups in total. The monoisotopic (exact) mass is 218 g/mol. The first-order valence-corrected chi connectivity index (χ1v) is 5.53. The summed E-state index contributed by atoms with van der Waals surface area (Å²) in [4.78, 5) is 0. The van der Waals surface area contributed by atoms with Crippen molar-refractivity contribution < 1.29 is 5.11 Å². The molecule has 1 heterocycles. The first-order valence-electron chi connectivity index (χ1n) is 5.53. The highest BCUT2D eigenvalue weighted by molar-refractivity contribution is 5.27. The van der Waals surface area contributed by atoms with E-state index in [4.69, 9.17) is 0 Å². The Labute approximate surface area is 96.2 Å². The van der Waals surface area contributed by atoms with Gasteiger partial charge in [0.15, 0.2) is 0 Å². The number of aliphatic hydroxyl groups is 1. The molecule has 1 atom stereocenters. The van der Waals surface area contributed by atoms with Gasteiger partial charge in [0.1, 0.15) is 0 Å². The predicted molar refractivity (Wildman–Crippen MR) is 63.1 cm³/mol. The molecule has 1 unspecified atom stereocenters. The van der Waals surface area contributed by atoms with Crippen molar-refractivity contribution >= 4 is 0 Å². The minimum absolute atomic E-state index is 0.364. The predicted octanol–water partition coefficient (Wildman–Crippen LogP) is 3.10. The molecule has 0 aliphatic carbocycles. The van der Waals surface area contributed by atoms with Gasteiger partial charge in [-0.3, -0.25) is 0 Å². The van der Waals surface area contributed by atoms with Gasteiger partial charge in [0, 0.05) is 11.0 Å². The molecule has 0 saturated heterocycles. The van der Waals surface area contributed by atoms with Crippen molar-refractivity contribution in [3.05, 3.63) is 35.9 Å². The van der Waals surface area contributed by atoms with E-state index in [1.807, 2.05) is 58.0 Å². The molecule has 86 valence electrons. The molecular weight excluding hydrogens is 200 g/mol. The summed E-state index contributed by atoms with van der Waals surface area (Å²) in [6.45, 7) is 7.99. The van der Waals surface area contributed by atoms with E-state index in [2.05, 4.69) is 10.2 Å². The Morgan fingerprint density at radius 2 is 1.50 bits per heavy atom. The molecule has 1 aromatic rings. The Kier molecular flexibility index (Phi) is 2.21. The molecule has 0 bridgehead atoms. The molecule has 0 radical (unpaired) electrons. The third-order valence-electron chi connectivity index (χ3n) is 4.02. The van der Waals surface area contributed by atoms with Crippen molar-refractivity contribution in [3.8, 4) is 0 Å². The number of nitrogens with zero attached hydrogens (tertiary/aromatic N) is 2. The Balaban J connectivity index is 2.54. The van der Waals surface area contributed by atoms with Gasteiger partial charge < -0.3 is 5.11 Å². The summed E-state index contributed by atoms with van der Waals surface area (Å²) in [5.41, 5.74) is -1.22. The van der Waals surface area contributed by atoms with Gasteiger partial charge in [-0.25, -0.2) is 0 Å². The van der Waals surface area contributed by atoms with Crippen molar-refractivity contribution in [1.82, 2.24) is 0 Å². The van der Waals surface area contributed by atoms with Gasteiger partial charge in [0.05, 0.1) is 5.54 Å². The van der Waals surface area contributed by atoms with Crippen LogP contribution in [0.1, 0.15) is 33.3 Å². The third-order valence-corrected chi connectivity index (χ3v) is 4.02. The second-order valence-electron chi connectivity index (χ2n) is 5.42. The fourth-order valence-corrected chi connectivity index (χ4v) is 1.96. The minimum atomic E-state index is -1.22. The summed E-state index contributed by atoms with van der Waals surface area (Å²) in [6.07, 6.45) is 0. The molecule has 0 aromatic heterocycles. The smallest absolute Gasteiger partial charge is 0.209 e. The van der Waals surface area contributed by atoms with Crippen molar-refractivity contribution in [2.24, 2.45) is 15.6 Å². The minimum Gasteiger partial charge on any atom is -0.364 e. The molecule has 0 amide bonds. The number of benzene rings is 1. The van der Waals surface area contributed by atoms with Crippen LogP contribution < -0.4 is 0 Å². The molecular formula is C13H18N2O. The maximum Gasteiger partial charge on any atom is 0.209 e. The number of hydrogen-bond donors (Lipinski definition) is 1. The van der Waals surface area contributed by atoms with Crippen LogP contribution in [0.25, 0.3) is 0 Å². The van der Waals surface area contributed by atoms with Crippen LogP contribution in [0.5, 0.6) is 0 Å². The molecule has 2 rings (SSSR count). The number of rotatable bonds is 1. The van der Waals surface area contributed by atoms with E-state index in [1.54, 1.807) is 0 Å². The maximum absolute atomic E-state index is 10.8. The van der Waals surface area contributed by atoms with Gasteiger partial charge in [-0.15, -0.1) is 0 Å². The van der Waals surface area contributed by atoms with Crippen LogP contribution in [-0.2, 0) is 5.72 Å². The van der Waals surface area contributed by atoms with Crippen LogP contribution in [0.2, 0.25) is 0 Å². The molecule has 1 aliphatic rings. The van der Waals surface area contributed by atoms with Gasteiger partial charge in [-0.2, -0.15) is 10.2 Å². The van der Waals surface area contributed by atoms with Gasteiger partial charge in [-0.1, -0.05) is 44.2 Å². The van der Waals surface area contributed by atoms with E-state index >= 15 is 0 Å². The molecule has 0 saturated carbocycles. The van der Waals surface area contributed by atoms with Crippen molar-refractivity contribution in [2.75, 3.05) is 0 Å². The fraction of sp³-hybridized carbons (Fsp3) is 0.538. The fourth-order valence-electron chi connectivity index (χ4n) is 1.96. The summed E-state index contributed by atoms with van der Waals surface area (Å²) in [6, 6.07) is 9.52. The van der Waals surface area contributed by atoms with Gasteiger partial charge in [0.2, 0.25) is 5.72 Å². The Hall–Kier alpha value is -1.22. The molecule has 0 fully saturated rings. The van der Waals surface area contributed by atoms with Gasteiger partial charge >= 0.3 is 0 Å². The second kappa shape index (κ2) is 3.14. The first kappa shape index (κ1) is 11.3. The van der Waals surface area contributed by atoms with Gasteiger partial charge in [-0.05, 0) is 13.8 Å². The highest BCUT2D eigenvalue weighted by Crippen LogP contribution is 2.54. The molecule has 3 heteroatoms. The lowest BCUT2D eigenvalue weighted by Gasteiger charge is -2.40. The zero-order valence-electron chi connectivity index (χ0n) is 10.2. The van der Waals surface area contributed by atoms with Crippen molar-refractivity contribution in [3.63, 3.8) is 0 Å². The van der Waals surface area contributed by atoms with Crippen LogP contribution in [-0.4, -0.2) is 10.6 Å².